The van der Waals surface area contributed by atoms with Crippen molar-refractivity contribution in [1.82, 2.24) is 14.6 Å². The molecule has 1 amide bonds. The molecule has 1 aliphatic carbocycles. The molecule has 6 rings (SSSR count). The van der Waals surface area contributed by atoms with Crippen LogP contribution in [0, 0.1) is 5.41 Å². The Morgan fingerprint density at radius 3 is 2.47 bits per heavy atom. The Labute approximate surface area is 228 Å². The van der Waals surface area contributed by atoms with Gasteiger partial charge in [0.15, 0.2) is 0 Å². The molecule has 0 bridgehead atoms. The number of fused-ring (bicyclic) bond motifs is 1. The van der Waals surface area contributed by atoms with Crippen molar-refractivity contribution < 1.29 is 13.2 Å². The van der Waals surface area contributed by atoms with Crippen molar-refractivity contribution in [3.63, 3.8) is 0 Å². The van der Waals surface area contributed by atoms with Crippen LogP contribution in [0.15, 0.2) is 71.9 Å². The van der Waals surface area contributed by atoms with Crippen molar-refractivity contribution in [2.45, 2.75) is 43.0 Å². The molecule has 1 N–H and O–H groups in total. The molecule has 2 aliphatic heterocycles. The fraction of sp³-hybridized carbons (Fsp3) is 0.379. The van der Waals surface area contributed by atoms with E-state index in [4.69, 9.17) is 11.6 Å². The number of benzene rings is 2. The summed E-state index contributed by atoms with van der Waals surface area (Å²) in [4.78, 5) is 22.3. The minimum absolute atomic E-state index is 0.0601. The third kappa shape index (κ3) is 4.70. The summed E-state index contributed by atoms with van der Waals surface area (Å²) >= 11 is 6.16. The number of rotatable bonds is 5. The second-order valence-corrected chi connectivity index (χ2v) is 12.8. The summed E-state index contributed by atoms with van der Waals surface area (Å²) in [5.41, 5.74) is 3.92. The number of nitrogens with one attached hydrogen (secondary N) is 1. The zero-order chi connectivity index (χ0) is 26.3. The summed E-state index contributed by atoms with van der Waals surface area (Å²) in [6.45, 7) is 3.52. The number of halogens is 1. The Morgan fingerprint density at radius 2 is 1.71 bits per heavy atom. The number of likely N-dealkylation sites (tertiary alicyclic amines) is 1. The summed E-state index contributed by atoms with van der Waals surface area (Å²) in [7, 11) is -3.79. The maximum absolute atomic E-state index is 13.7. The number of nitrogens with zero attached hydrogens (tertiary/aromatic N) is 3. The van der Waals surface area contributed by atoms with Crippen molar-refractivity contribution in [1.29, 1.82) is 0 Å². The van der Waals surface area contributed by atoms with Crippen LogP contribution in [-0.2, 0) is 16.4 Å². The highest BCUT2D eigenvalue weighted by molar-refractivity contribution is 7.89. The number of anilines is 1. The summed E-state index contributed by atoms with van der Waals surface area (Å²) in [5.74, 6) is 0.0601. The predicted molar refractivity (Wildman–Crippen MR) is 148 cm³/mol. The zero-order valence-corrected chi connectivity index (χ0v) is 22.7. The number of aromatic nitrogens is 1. The first kappa shape index (κ1) is 25.3. The minimum atomic E-state index is -3.79. The van der Waals surface area contributed by atoms with Crippen molar-refractivity contribution in [3.8, 4) is 0 Å². The van der Waals surface area contributed by atoms with Crippen LogP contribution in [0.5, 0.6) is 0 Å². The molecular weight excluding hydrogens is 520 g/mol. The lowest BCUT2D eigenvalue weighted by molar-refractivity contribution is 0.0763. The molecule has 2 saturated heterocycles. The van der Waals surface area contributed by atoms with Crippen molar-refractivity contribution in [3.05, 3.63) is 88.7 Å². The number of amides is 1. The van der Waals surface area contributed by atoms with E-state index < -0.39 is 10.0 Å². The highest BCUT2D eigenvalue weighted by Crippen LogP contribution is 2.42. The van der Waals surface area contributed by atoms with Gasteiger partial charge in [-0.25, -0.2) is 13.1 Å². The molecule has 1 aromatic heterocycles. The van der Waals surface area contributed by atoms with E-state index in [9.17, 15) is 13.2 Å². The molecule has 2 aromatic carbocycles. The monoisotopic (exact) mass is 550 g/mol. The van der Waals surface area contributed by atoms with Crippen molar-refractivity contribution >= 4 is 33.2 Å². The topological polar surface area (TPSA) is 82.6 Å². The van der Waals surface area contributed by atoms with Crippen LogP contribution in [0.1, 0.15) is 53.2 Å². The van der Waals surface area contributed by atoms with Gasteiger partial charge in [0.2, 0.25) is 10.0 Å². The Hall–Kier alpha value is -2.94. The van der Waals surface area contributed by atoms with Gasteiger partial charge in [0.25, 0.3) is 5.91 Å². The fourth-order valence-electron chi connectivity index (χ4n) is 6.37. The van der Waals surface area contributed by atoms with Gasteiger partial charge in [0, 0.05) is 55.9 Å². The Bertz CT molecular complexity index is 1460. The van der Waals surface area contributed by atoms with E-state index >= 15 is 0 Å². The summed E-state index contributed by atoms with van der Waals surface area (Å²) in [5, 5.41) is 0.191. The summed E-state index contributed by atoms with van der Waals surface area (Å²) in [6, 6.07) is 15.9. The largest absolute Gasteiger partial charge is 0.371 e. The van der Waals surface area contributed by atoms with Crippen molar-refractivity contribution in [2.24, 2.45) is 5.41 Å². The Morgan fingerprint density at radius 1 is 0.974 bits per heavy atom. The Balaban J connectivity index is 1.15. The van der Waals surface area contributed by atoms with Crippen LogP contribution in [0.2, 0.25) is 5.02 Å². The third-order valence-corrected chi connectivity index (χ3v) is 10.5. The SMILES string of the molecule is O=C(c1cccc2c1CC[C@@H]2NS(=O)(=O)c1ccccc1Cl)N1CCC2(CCN(c3ccncc3)CC2)C1. The van der Waals surface area contributed by atoms with Gasteiger partial charge < -0.3 is 9.80 Å². The molecule has 0 saturated carbocycles. The smallest absolute Gasteiger partial charge is 0.254 e. The lowest BCUT2D eigenvalue weighted by Gasteiger charge is -2.40. The van der Waals surface area contributed by atoms with Crippen LogP contribution in [-0.4, -0.2) is 50.4 Å². The number of hydrogen-bond donors (Lipinski definition) is 1. The number of sulfonamides is 1. The first-order valence-electron chi connectivity index (χ1n) is 13.2. The van der Waals surface area contributed by atoms with E-state index in [1.165, 1.54) is 11.8 Å². The molecule has 1 spiro atoms. The maximum Gasteiger partial charge on any atom is 0.254 e. The zero-order valence-electron chi connectivity index (χ0n) is 21.1. The van der Waals surface area contributed by atoms with E-state index in [0.29, 0.717) is 18.4 Å². The number of carbonyl (C=O) groups is 1. The molecule has 2 fully saturated rings. The lowest BCUT2D eigenvalue weighted by Crippen LogP contribution is -2.42. The van der Waals surface area contributed by atoms with Gasteiger partial charge in [-0.3, -0.25) is 9.78 Å². The van der Waals surface area contributed by atoms with Crippen LogP contribution >= 0.6 is 11.6 Å². The number of piperidine rings is 1. The molecular formula is C29H31ClN4O3S. The fourth-order valence-corrected chi connectivity index (χ4v) is 8.14. The van der Waals surface area contributed by atoms with E-state index in [2.05, 4.69) is 26.7 Å². The van der Waals surface area contributed by atoms with Gasteiger partial charge in [-0.1, -0.05) is 35.9 Å². The molecule has 0 radical (unpaired) electrons. The summed E-state index contributed by atoms with van der Waals surface area (Å²) in [6.07, 6.45) is 8.10. The average molecular weight is 551 g/mol. The highest BCUT2D eigenvalue weighted by Gasteiger charge is 2.43. The number of hydrogen-bond acceptors (Lipinski definition) is 5. The molecule has 1 atom stereocenters. The van der Waals surface area contributed by atoms with Gasteiger partial charge in [0.05, 0.1) is 5.02 Å². The third-order valence-electron chi connectivity index (χ3n) is 8.50. The van der Waals surface area contributed by atoms with E-state index in [0.717, 1.165) is 56.6 Å². The predicted octanol–water partition coefficient (Wildman–Crippen LogP) is 4.83. The molecule has 9 heteroatoms. The number of carbonyl (C=O) groups excluding carboxylic acids is 1. The standard InChI is InChI=1S/C29H31ClN4O3S/c30-25-6-1-2-7-27(25)38(36,37)32-26-9-8-22-23(26)4-3-5-24(22)28(35)34-19-14-29(20-34)12-17-33(18-13-29)21-10-15-31-16-11-21/h1-7,10-11,15-16,26,32H,8-9,12-14,17-20H2/t26-/m0/s1. The second-order valence-electron chi connectivity index (χ2n) is 10.7. The molecule has 3 heterocycles. The summed E-state index contributed by atoms with van der Waals surface area (Å²) < 4.78 is 28.9. The van der Waals surface area contributed by atoms with Crippen LogP contribution in [0.3, 0.4) is 0 Å². The Kier molecular flexibility index (Phi) is 6.66. The number of pyridine rings is 1. The van der Waals surface area contributed by atoms with E-state index in [-0.39, 0.29) is 27.3 Å². The van der Waals surface area contributed by atoms with Crippen molar-refractivity contribution in [2.75, 3.05) is 31.1 Å². The van der Waals surface area contributed by atoms with Gasteiger partial charge in [0.1, 0.15) is 4.90 Å². The highest BCUT2D eigenvalue weighted by atomic mass is 35.5. The molecule has 3 aliphatic rings. The minimum Gasteiger partial charge on any atom is -0.371 e. The average Bonchev–Trinajstić information content (AvgIpc) is 3.53. The first-order valence-corrected chi connectivity index (χ1v) is 15.0. The molecule has 198 valence electrons. The van der Waals surface area contributed by atoms with Crippen LogP contribution in [0.4, 0.5) is 5.69 Å². The van der Waals surface area contributed by atoms with Crippen LogP contribution < -0.4 is 9.62 Å². The molecule has 0 unspecified atom stereocenters. The molecule has 38 heavy (non-hydrogen) atoms. The van der Waals surface area contributed by atoms with E-state index in [1.807, 2.05) is 35.5 Å². The van der Waals surface area contributed by atoms with Gasteiger partial charge in [-0.15, -0.1) is 0 Å². The lowest BCUT2D eigenvalue weighted by atomic mass is 9.77. The molecule has 3 aromatic rings. The van der Waals surface area contributed by atoms with Gasteiger partial charge >= 0.3 is 0 Å². The maximum atomic E-state index is 13.7. The molecule has 7 nitrogen and oxygen atoms in total. The normalized spacial score (nSPS) is 20.6. The van der Waals surface area contributed by atoms with E-state index in [1.54, 1.807) is 18.2 Å². The van der Waals surface area contributed by atoms with Gasteiger partial charge in [-0.05, 0) is 79.0 Å². The first-order chi connectivity index (χ1) is 18.4. The quantitative estimate of drug-likeness (QED) is 0.492. The van der Waals surface area contributed by atoms with Gasteiger partial charge in [-0.2, -0.15) is 0 Å². The second kappa shape index (κ2) is 9.98. The van der Waals surface area contributed by atoms with Crippen LogP contribution in [0.25, 0.3) is 0 Å².